The molecule has 1 N–H and O–H groups in total. The van der Waals surface area contributed by atoms with Crippen LogP contribution in [0.4, 0.5) is 5.69 Å². The predicted molar refractivity (Wildman–Crippen MR) is 62.3 cm³/mol. The number of rotatable bonds is 5. The maximum absolute atomic E-state index is 11.6. The quantitative estimate of drug-likeness (QED) is 0.494. The molecule has 0 aliphatic heterocycles. The molecular formula is C10H11ClN2O4. The van der Waals surface area contributed by atoms with E-state index in [0.29, 0.717) is 13.2 Å². The number of halogens is 1. The summed E-state index contributed by atoms with van der Waals surface area (Å²) in [5, 5.41) is 13.0. The fraction of sp³-hybridized carbons (Fsp3) is 0.300. The molecule has 0 spiro atoms. The van der Waals surface area contributed by atoms with Crippen LogP contribution in [0.5, 0.6) is 0 Å². The van der Waals surface area contributed by atoms with Crippen LogP contribution < -0.4 is 5.32 Å². The molecule has 92 valence electrons. The van der Waals surface area contributed by atoms with Crippen molar-refractivity contribution in [3.63, 3.8) is 0 Å². The lowest BCUT2D eigenvalue weighted by atomic mass is 10.2. The lowest BCUT2D eigenvalue weighted by Gasteiger charge is -2.06. The third-order valence-corrected chi connectivity index (χ3v) is 2.41. The molecule has 1 aromatic rings. The molecule has 17 heavy (non-hydrogen) atoms. The van der Waals surface area contributed by atoms with Crippen molar-refractivity contribution < 1.29 is 14.5 Å². The van der Waals surface area contributed by atoms with E-state index in [9.17, 15) is 14.9 Å². The van der Waals surface area contributed by atoms with E-state index in [1.807, 2.05) is 0 Å². The van der Waals surface area contributed by atoms with Crippen molar-refractivity contribution in [3.05, 3.63) is 38.9 Å². The van der Waals surface area contributed by atoms with Crippen LogP contribution in [0.25, 0.3) is 0 Å². The second kappa shape index (κ2) is 6.17. The highest BCUT2D eigenvalue weighted by Gasteiger charge is 2.19. The van der Waals surface area contributed by atoms with Crippen molar-refractivity contribution in [1.82, 2.24) is 5.32 Å². The molecule has 1 aromatic carbocycles. The standard InChI is InChI=1S/C10H11ClN2O4/c1-17-6-5-12-10(14)7-3-2-4-8(9(7)11)13(15)16/h2-4H,5-6H2,1H3,(H,12,14). The summed E-state index contributed by atoms with van der Waals surface area (Å²) in [6.45, 7) is 0.673. The van der Waals surface area contributed by atoms with Gasteiger partial charge < -0.3 is 10.1 Å². The van der Waals surface area contributed by atoms with Crippen molar-refractivity contribution in [2.75, 3.05) is 20.3 Å². The lowest BCUT2D eigenvalue weighted by Crippen LogP contribution is -2.27. The maximum Gasteiger partial charge on any atom is 0.288 e. The molecule has 0 fully saturated rings. The van der Waals surface area contributed by atoms with Crippen molar-refractivity contribution in [2.24, 2.45) is 0 Å². The highest BCUT2D eigenvalue weighted by atomic mass is 35.5. The van der Waals surface area contributed by atoms with Gasteiger partial charge in [-0.2, -0.15) is 0 Å². The molecule has 0 unspecified atom stereocenters. The number of carbonyl (C=O) groups excluding carboxylic acids is 1. The molecule has 1 amide bonds. The predicted octanol–water partition coefficient (Wildman–Crippen LogP) is 1.62. The Morgan fingerprint density at radius 2 is 2.29 bits per heavy atom. The smallest absolute Gasteiger partial charge is 0.288 e. The average Bonchev–Trinajstić information content (AvgIpc) is 2.29. The third kappa shape index (κ3) is 3.40. The minimum absolute atomic E-state index is 0.0805. The summed E-state index contributed by atoms with van der Waals surface area (Å²) in [7, 11) is 1.51. The zero-order valence-corrected chi connectivity index (χ0v) is 9.86. The number of nitrogens with zero attached hydrogens (tertiary/aromatic N) is 1. The number of methoxy groups -OCH3 is 1. The molecule has 6 nitrogen and oxygen atoms in total. The van der Waals surface area contributed by atoms with Gasteiger partial charge in [0.1, 0.15) is 5.02 Å². The Balaban J connectivity index is 2.87. The number of amides is 1. The Morgan fingerprint density at radius 1 is 1.59 bits per heavy atom. The fourth-order valence-corrected chi connectivity index (χ4v) is 1.48. The first-order valence-electron chi connectivity index (χ1n) is 4.78. The van der Waals surface area contributed by atoms with Gasteiger partial charge in [0.05, 0.1) is 17.1 Å². The maximum atomic E-state index is 11.6. The Morgan fingerprint density at radius 3 is 2.88 bits per heavy atom. The van der Waals surface area contributed by atoms with Crippen LogP contribution in [0.1, 0.15) is 10.4 Å². The summed E-state index contributed by atoms with van der Waals surface area (Å²) < 4.78 is 4.76. The minimum atomic E-state index is -0.631. The Kier molecular flexibility index (Phi) is 4.86. The van der Waals surface area contributed by atoms with Crippen LogP contribution in [-0.4, -0.2) is 31.1 Å². The third-order valence-electron chi connectivity index (χ3n) is 2.01. The molecule has 0 aliphatic carbocycles. The van der Waals surface area contributed by atoms with Crippen LogP contribution in [0.2, 0.25) is 5.02 Å². The summed E-state index contributed by atoms with van der Waals surface area (Å²) in [5.74, 6) is -0.462. The Bertz CT molecular complexity index is 436. The van der Waals surface area contributed by atoms with Gasteiger partial charge in [0.2, 0.25) is 0 Å². The second-order valence-corrected chi connectivity index (χ2v) is 3.52. The first kappa shape index (κ1) is 13.4. The van der Waals surface area contributed by atoms with Crippen molar-refractivity contribution in [2.45, 2.75) is 0 Å². The number of benzene rings is 1. The number of hydrogen-bond acceptors (Lipinski definition) is 4. The Hall–Kier alpha value is -1.66. The van der Waals surface area contributed by atoms with Gasteiger partial charge in [-0.1, -0.05) is 17.7 Å². The van der Waals surface area contributed by atoms with E-state index in [0.717, 1.165) is 0 Å². The molecule has 0 aromatic heterocycles. The largest absolute Gasteiger partial charge is 0.383 e. The van der Waals surface area contributed by atoms with Crippen LogP contribution in [0, 0.1) is 10.1 Å². The normalized spacial score (nSPS) is 10.0. The monoisotopic (exact) mass is 258 g/mol. The molecule has 7 heteroatoms. The van der Waals surface area contributed by atoms with Gasteiger partial charge in [-0.25, -0.2) is 0 Å². The summed E-state index contributed by atoms with van der Waals surface area (Å²) in [6, 6.07) is 4.08. The lowest BCUT2D eigenvalue weighted by molar-refractivity contribution is -0.384. The number of ether oxygens (including phenoxy) is 1. The number of hydrogen-bond donors (Lipinski definition) is 1. The number of nitro groups is 1. The topological polar surface area (TPSA) is 81.5 Å². The summed E-state index contributed by atoms with van der Waals surface area (Å²) in [6.07, 6.45) is 0. The molecule has 0 saturated carbocycles. The summed E-state index contributed by atoms with van der Waals surface area (Å²) >= 11 is 5.78. The number of nitro benzene ring substituents is 1. The molecule has 1 rings (SSSR count). The van der Waals surface area contributed by atoms with Crippen molar-refractivity contribution >= 4 is 23.2 Å². The molecule has 0 atom stereocenters. The molecule has 0 aliphatic rings. The van der Waals surface area contributed by atoms with Crippen LogP contribution in [-0.2, 0) is 4.74 Å². The van der Waals surface area contributed by atoms with Gasteiger partial charge in [0.15, 0.2) is 0 Å². The molecule has 0 heterocycles. The number of nitrogens with one attached hydrogen (secondary N) is 1. The zero-order chi connectivity index (χ0) is 12.8. The van der Waals surface area contributed by atoms with Crippen molar-refractivity contribution in [1.29, 1.82) is 0 Å². The summed E-state index contributed by atoms with van der Waals surface area (Å²) in [4.78, 5) is 21.6. The van der Waals surface area contributed by atoms with E-state index < -0.39 is 10.8 Å². The van der Waals surface area contributed by atoms with Gasteiger partial charge in [-0.05, 0) is 6.07 Å². The summed E-state index contributed by atoms with van der Waals surface area (Å²) in [5.41, 5.74) is -0.206. The van der Waals surface area contributed by atoms with E-state index in [2.05, 4.69) is 5.32 Å². The van der Waals surface area contributed by atoms with Gasteiger partial charge in [0.25, 0.3) is 11.6 Å². The number of carbonyl (C=O) groups is 1. The minimum Gasteiger partial charge on any atom is -0.383 e. The molecule has 0 radical (unpaired) electrons. The average molecular weight is 259 g/mol. The SMILES string of the molecule is COCCNC(=O)c1cccc([N+](=O)[O-])c1Cl. The highest BCUT2D eigenvalue weighted by Crippen LogP contribution is 2.27. The van der Waals surface area contributed by atoms with Gasteiger partial charge >= 0.3 is 0 Å². The van der Waals surface area contributed by atoms with Gasteiger partial charge in [-0.3, -0.25) is 14.9 Å². The first-order chi connectivity index (χ1) is 8.07. The van der Waals surface area contributed by atoms with Crippen LogP contribution >= 0.6 is 11.6 Å². The van der Waals surface area contributed by atoms with E-state index in [-0.39, 0.29) is 16.3 Å². The highest BCUT2D eigenvalue weighted by molar-refractivity contribution is 6.35. The van der Waals surface area contributed by atoms with Crippen LogP contribution in [0.3, 0.4) is 0 Å². The van der Waals surface area contributed by atoms with Crippen molar-refractivity contribution in [3.8, 4) is 0 Å². The van der Waals surface area contributed by atoms with Gasteiger partial charge in [0, 0.05) is 19.7 Å². The van der Waals surface area contributed by atoms with E-state index in [1.54, 1.807) is 0 Å². The van der Waals surface area contributed by atoms with E-state index >= 15 is 0 Å². The Labute approximate surface area is 103 Å². The van der Waals surface area contributed by atoms with Gasteiger partial charge in [-0.15, -0.1) is 0 Å². The molecular weight excluding hydrogens is 248 g/mol. The molecule has 0 saturated heterocycles. The van der Waals surface area contributed by atoms with E-state index in [1.165, 1.54) is 25.3 Å². The fourth-order valence-electron chi connectivity index (χ4n) is 1.20. The zero-order valence-electron chi connectivity index (χ0n) is 9.10. The first-order valence-corrected chi connectivity index (χ1v) is 5.15. The van der Waals surface area contributed by atoms with Crippen LogP contribution in [0.15, 0.2) is 18.2 Å². The molecule has 0 bridgehead atoms. The van der Waals surface area contributed by atoms with E-state index in [4.69, 9.17) is 16.3 Å². The second-order valence-electron chi connectivity index (χ2n) is 3.14.